The number of carbonyl (C=O) groups is 1. The number of amides is 1. The van der Waals surface area contributed by atoms with E-state index < -0.39 is 131 Å². The maximum absolute atomic E-state index is 13.5. The summed E-state index contributed by atoms with van der Waals surface area (Å²) in [6.45, 7) is 1.57. The number of allylic oxidation sites excluding steroid dienone is 25. The third-order valence-corrected chi connectivity index (χ3v) is 19.8. The zero-order valence-electron chi connectivity index (χ0n) is 66.7. The molecule has 0 aromatic heterocycles. The van der Waals surface area contributed by atoms with E-state index in [-0.39, 0.29) is 12.3 Å². The zero-order chi connectivity index (χ0) is 78.8. The first-order valence-electron chi connectivity index (χ1n) is 42.2. The van der Waals surface area contributed by atoms with Gasteiger partial charge in [0.25, 0.3) is 0 Å². The first kappa shape index (κ1) is 98.6. The van der Waals surface area contributed by atoms with Crippen LogP contribution in [0.5, 0.6) is 0 Å². The maximum Gasteiger partial charge on any atom is 0.220 e. The number of nitrogens with one attached hydrogen (secondary N) is 1. The van der Waals surface area contributed by atoms with Gasteiger partial charge in [-0.15, -0.1) is 0 Å². The van der Waals surface area contributed by atoms with E-state index in [1.165, 1.54) is 135 Å². The summed E-state index contributed by atoms with van der Waals surface area (Å²) in [5, 5.41) is 121. The van der Waals surface area contributed by atoms with Gasteiger partial charge in [-0.25, -0.2) is 0 Å². The molecule has 0 saturated carbocycles. The number of hydrogen-bond acceptors (Lipinski definition) is 18. The molecule has 12 N–H and O–H groups in total. The van der Waals surface area contributed by atoms with Crippen LogP contribution in [0.3, 0.4) is 0 Å². The van der Waals surface area contributed by atoms with E-state index >= 15 is 0 Å². The Morgan fingerprint density at radius 2 is 0.642 bits per heavy atom. The standard InChI is InChI=1S/C90H149NO18/c1-3-5-7-9-11-13-15-17-19-21-23-25-27-29-31-33-35-36-38-40-42-44-46-48-50-52-54-56-58-60-62-64-66-68-78(96)91-73(74(95)67-65-63-61-59-57-55-53-51-49-47-45-43-41-39-37-34-32-30-28-26-24-22-20-18-16-14-12-10-8-6-4-2)72-104-88-84(102)81(99)86(76(70-93)106-88)109-90-85(103)82(100)87(77(71-94)107-90)108-89-83(101)80(98)79(97)75(69-92)105-89/h5,7,11,13,17,19,23,25,29,31,35-36,40,42,46,48-49,51-52,54,57-60,65,67,73-77,79-90,92-95,97-103H,3-4,6,8-10,12,14-16,18,20-22,24,26-28,30,32-34,37-39,41,43-45,47,50,53,55-56,61-64,66,68-72H2,1-2H3,(H,91,96)/b7-5-,13-11-,19-17-,25-23-,31-29-,36-35-,42-40-,48-46-,51-49+,54-52-,59-57+,60-58-,67-65+. The van der Waals surface area contributed by atoms with Crippen LogP contribution in [0, 0.1) is 0 Å². The Hall–Kier alpha value is -4.59. The molecule has 3 aliphatic heterocycles. The van der Waals surface area contributed by atoms with Gasteiger partial charge in [-0.2, -0.15) is 0 Å². The van der Waals surface area contributed by atoms with Crippen molar-refractivity contribution in [3.8, 4) is 0 Å². The number of ether oxygens (including phenoxy) is 6. The van der Waals surface area contributed by atoms with Gasteiger partial charge < -0.3 is 89.9 Å². The molecule has 622 valence electrons. The minimum atomic E-state index is -2.00. The van der Waals surface area contributed by atoms with E-state index in [1.807, 2.05) is 6.08 Å². The lowest BCUT2D eigenvalue weighted by molar-refractivity contribution is -0.379. The second-order valence-electron chi connectivity index (χ2n) is 29.2. The average molecular weight is 1530 g/mol. The quantitative estimate of drug-likeness (QED) is 0.0199. The van der Waals surface area contributed by atoms with Crippen LogP contribution < -0.4 is 5.32 Å². The van der Waals surface area contributed by atoms with Crippen LogP contribution in [0.4, 0.5) is 0 Å². The van der Waals surface area contributed by atoms with Crippen molar-refractivity contribution in [2.45, 2.75) is 375 Å². The van der Waals surface area contributed by atoms with Crippen molar-refractivity contribution >= 4 is 5.91 Å². The van der Waals surface area contributed by atoms with E-state index in [2.05, 4.69) is 165 Å². The minimum Gasteiger partial charge on any atom is -0.394 e. The van der Waals surface area contributed by atoms with Crippen molar-refractivity contribution in [1.82, 2.24) is 5.32 Å². The molecule has 19 nitrogen and oxygen atoms in total. The van der Waals surface area contributed by atoms with Gasteiger partial charge in [0.2, 0.25) is 5.91 Å². The summed E-state index contributed by atoms with van der Waals surface area (Å²) in [5.74, 6) is -0.337. The molecule has 3 saturated heterocycles. The monoisotopic (exact) mass is 1530 g/mol. The summed E-state index contributed by atoms with van der Waals surface area (Å²) < 4.78 is 34.4. The number of rotatable bonds is 65. The number of carbonyl (C=O) groups excluding carboxylic acids is 1. The molecule has 0 aromatic carbocycles. The second kappa shape index (κ2) is 67.9. The second-order valence-corrected chi connectivity index (χ2v) is 29.2. The van der Waals surface area contributed by atoms with Crippen molar-refractivity contribution in [1.29, 1.82) is 0 Å². The first-order valence-corrected chi connectivity index (χ1v) is 42.2. The van der Waals surface area contributed by atoms with E-state index in [0.29, 0.717) is 12.8 Å². The summed E-state index contributed by atoms with van der Waals surface area (Å²) in [6, 6.07) is -1.04. The third-order valence-electron chi connectivity index (χ3n) is 19.8. The molecule has 0 aromatic rings. The number of unbranched alkanes of at least 4 members (excludes halogenated alkanes) is 25. The molecule has 17 unspecified atom stereocenters. The smallest absolute Gasteiger partial charge is 0.220 e. The molecule has 0 aliphatic carbocycles. The summed E-state index contributed by atoms with van der Waals surface area (Å²) >= 11 is 0. The van der Waals surface area contributed by atoms with Gasteiger partial charge in [0, 0.05) is 6.42 Å². The number of aliphatic hydroxyl groups excluding tert-OH is 11. The van der Waals surface area contributed by atoms with E-state index in [9.17, 15) is 61.0 Å². The predicted molar refractivity (Wildman–Crippen MR) is 438 cm³/mol. The molecule has 0 spiro atoms. The maximum atomic E-state index is 13.5. The van der Waals surface area contributed by atoms with Crippen LogP contribution in [0.1, 0.15) is 271 Å². The molecule has 3 fully saturated rings. The number of hydrogen-bond donors (Lipinski definition) is 12. The van der Waals surface area contributed by atoms with Crippen LogP contribution in [0.2, 0.25) is 0 Å². The Morgan fingerprint density at radius 1 is 0.339 bits per heavy atom. The highest BCUT2D eigenvalue weighted by molar-refractivity contribution is 5.76. The Morgan fingerprint density at radius 3 is 1.03 bits per heavy atom. The highest BCUT2D eigenvalue weighted by Crippen LogP contribution is 2.33. The third kappa shape index (κ3) is 47.0. The van der Waals surface area contributed by atoms with Gasteiger partial charge in [0.1, 0.15) is 73.2 Å². The summed E-state index contributed by atoms with van der Waals surface area (Å²) in [6.07, 6.45) is 73.8. The van der Waals surface area contributed by atoms with E-state index in [0.717, 1.165) is 103 Å². The Labute approximate surface area is 656 Å². The lowest BCUT2D eigenvalue weighted by Crippen LogP contribution is -2.66. The number of aliphatic hydroxyl groups is 11. The topological polar surface area (TPSA) is 307 Å². The van der Waals surface area contributed by atoms with Gasteiger partial charge in [-0.3, -0.25) is 4.79 Å². The molecule has 109 heavy (non-hydrogen) atoms. The normalized spacial score (nSPS) is 26.1. The Kier molecular flexibility index (Phi) is 61.4. The fraction of sp³-hybridized carbons (Fsp3) is 0.700. The molecule has 0 radical (unpaired) electrons. The van der Waals surface area contributed by atoms with Gasteiger partial charge in [-0.05, 0) is 122 Å². The minimum absolute atomic E-state index is 0.165. The van der Waals surface area contributed by atoms with Crippen molar-refractivity contribution < 1.29 is 89.4 Å². The first-order chi connectivity index (χ1) is 53.3. The van der Waals surface area contributed by atoms with Crippen LogP contribution >= 0.6 is 0 Å². The summed E-state index contributed by atoms with van der Waals surface area (Å²) in [7, 11) is 0. The molecule has 0 bridgehead atoms. The van der Waals surface area contributed by atoms with Crippen molar-refractivity contribution in [2.24, 2.45) is 0 Å². The lowest BCUT2D eigenvalue weighted by Gasteiger charge is -2.48. The Bertz CT molecular complexity index is 2590. The molecule has 3 rings (SSSR count). The lowest BCUT2D eigenvalue weighted by atomic mass is 9.96. The molecular formula is C90H149NO18. The van der Waals surface area contributed by atoms with Crippen molar-refractivity contribution in [3.05, 3.63) is 158 Å². The average Bonchev–Trinajstić information content (AvgIpc) is 0.782. The van der Waals surface area contributed by atoms with Gasteiger partial charge in [0.05, 0.1) is 38.6 Å². The summed E-state index contributed by atoms with van der Waals surface area (Å²) in [4.78, 5) is 13.5. The molecule has 17 atom stereocenters. The van der Waals surface area contributed by atoms with Crippen LogP contribution in [0.15, 0.2) is 158 Å². The Balaban J connectivity index is 1.41. The van der Waals surface area contributed by atoms with Crippen LogP contribution in [-0.4, -0.2) is 193 Å². The molecule has 1 amide bonds. The van der Waals surface area contributed by atoms with Crippen LogP contribution in [0.25, 0.3) is 0 Å². The highest BCUT2D eigenvalue weighted by Gasteiger charge is 2.54. The van der Waals surface area contributed by atoms with Gasteiger partial charge >= 0.3 is 0 Å². The fourth-order valence-corrected chi connectivity index (χ4v) is 13.1. The molecule has 19 heteroatoms. The molecular weight excluding hydrogens is 1380 g/mol. The van der Waals surface area contributed by atoms with Gasteiger partial charge in [0.15, 0.2) is 18.9 Å². The largest absolute Gasteiger partial charge is 0.394 e. The van der Waals surface area contributed by atoms with Crippen LogP contribution in [-0.2, 0) is 33.2 Å². The van der Waals surface area contributed by atoms with Crippen molar-refractivity contribution in [3.63, 3.8) is 0 Å². The predicted octanol–water partition coefficient (Wildman–Crippen LogP) is 15.2. The van der Waals surface area contributed by atoms with E-state index in [1.54, 1.807) is 6.08 Å². The van der Waals surface area contributed by atoms with Gasteiger partial charge in [-0.1, -0.05) is 300 Å². The zero-order valence-corrected chi connectivity index (χ0v) is 66.7. The highest BCUT2D eigenvalue weighted by atomic mass is 16.8. The fourth-order valence-electron chi connectivity index (χ4n) is 13.1. The molecule has 3 aliphatic rings. The molecule has 3 heterocycles. The van der Waals surface area contributed by atoms with E-state index in [4.69, 9.17) is 28.4 Å². The SMILES string of the molecule is CC/C=C\C/C=C\C/C=C\C/C=C\C/C=C\C/C=C\C/C=C\C/C=C\C/C=C\C/C=C\CCCCC(=O)NC(COC1OC(CO)C(OC2OC(CO)C(OC3OC(CO)C(O)C(O)C3O)C(O)C2O)C(O)C1O)C(O)/C=C/CC/C=C/CC/C=C/CCCCCCCCCCCCCCCCCCCCCCC. The van der Waals surface area contributed by atoms with Crippen molar-refractivity contribution in [2.75, 3.05) is 26.4 Å². The summed E-state index contributed by atoms with van der Waals surface area (Å²) in [5.41, 5.74) is 0.